The summed E-state index contributed by atoms with van der Waals surface area (Å²) < 4.78 is 0. The average molecular weight is 705 g/mol. The maximum absolute atomic E-state index is 3.86. The highest BCUT2D eigenvalue weighted by Gasteiger charge is 2.19. The zero-order chi connectivity index (χ0) is 37.3. The van der Waals surface area contributed by atoms with E-state index in [-0.39, 0.29) is 0 Å². The van der Waals surface area contributed by atoms with Crippen LogP contribution in [0.2, 0.25) is 0 Å². The Morgan fingerprint density at radius 2 is 0.815 bits per heavy atom. The number of hydrogen-bond acceptors (Lipinski definition) is 2. The number of para-hydroxylation sites is 2. The molecule has 2 heteroatoms. The van der Waals surface area contributed by atoms with Crippen molar-refractivity contribution < 1.29 is 0 Å². The van der Waals surface area contributed by atoms with E-state index >= 15 is 0 Å². The van der Waals surface area contributed by atoms with E-state index in [2.05, 4.69) is 196 Å². The Morgan fingerprint density at radius 1 is 0.370 bits per heavy atom. The quantitative estimate of drug-likeness (QED) is 0.118. The first-order valence-corrected chi connectivity index (χ1v) is 19.7. The molecule has 7 rings (SSSR count). The van der Waals surface area contributed by atoms with Crippen LogP contribution in [-0.2, 0) is 12.8 Å². The highest BCUT2D eigenvalue weighted by Crippen LogP contribution is 2.46. The lowest BCUT2D eigenvalue weighted by molar-refractivity contribution is 0.795. The van der Waals surface area contributed by atoms with Gasteiger partial charge in [-0.25, -0.2) is 0 Å². The molecular formula is C52H52N2. The maximum Gasteiger partial charge on any atom is 0.0470 e. The number of anilines is 4. The number of nitrogens with one attached hydrogen (secondary N) is 2. The Kier molecular flexibility index (Phi) is 11.7. The van der Waals surface area contributed by atoms with Gasteiger partial charge in [-0.05, 0) is 131 Å². The Bertz CT molecular complexity index is 2280. The summed E-state index contributed by atoms with van der Waals surface area (Å²) in [7, 11) is 0. The molecule has 0 unspecified atom stereocenters. The van der Waals surface area contributed by atoms with Gasteiger partial charge in [0.2, 0.25) is 0 Å². The van der Waals surface area contributed by atoms with E-state index in [1.165, 1.54) is 92.4 Å². The number of unbranched alkanes of at least 4 members (excludes halogenated alkanes) is 2. The second-order valence-corrected chi connectivity index (χ2v) is 14.5. The van der Waals surface area contributed by atoms with Crippen LogP contribution in [0.1, 0.15) is 61.8 Å². The molecule has 7 aromatic carbocycles. The standard InChI is InChI=1S/C52H52N2/c1-5-7-15-39-19-23-44(24-20-39)51-47(43-29-27-41(28-30-43)42-31-33-46(34-32-42)53-48-17-11-9-13-37(48)3)35-36-50(54-49-18-12-10-14-38(49)4)52(51)45-25-21-40(22-26-45)16-8-6-2/h9-14,17-36,53-54H,5-8,15-16H2,1-4H3. The summed E-state index contributed by atoms with van der Waals surface area (Å²) in [6, 6.07) is 58.0. The van der Waals surface area contributed by atoms with Crippen LogP contribution in [0.15, 0.2) is 158 Å². The lowest BCUT2D eigenvalue weighted by atomic mass is 9.85. The normalized spacial score (nSPS) is 11.0. The smallest absolute Gasteiger partial charge is 0.0470 e. The van der Waals surface area contributed by atoms with Crippen molar-refractivity contribution in [3.63, 3.8) is 0 Å². The Labute approximate surface area is 323 Å². The summed E-state index contributed by atoms with van der Waals surface area (Å²) in [4.78, 5) is 0. The minimum atomic E-state index is 1.08. The minimum Gasteiger partial charge on any atom is -0.355 e. The Hall–Kier alpha value is -5.86. The third-order valence-electron chi connectivity index (χ3n) is 10.6. The van der Waals surface area contributed by atoms with E-state index in [0.29, 0.717) is 0 Å². The fourth-order valence-corrected chi connectivity index (χ4v) is 7.30. The highest BCUT2D eigenvalue weighted by atomic mass is 14.9. The van der Waals surface area contributed by atoms with Gasteiger partial charge in [-0.3, -0.25) is 0 Å². The summed E-state index contributed by atoms with van der Waals surface area (Å²) in [5.41, 5.74) is 19.4. The first kappa shape index (κ1) is 36.5. The molecule has 0 heterocycles. The summed E-state index contributed by atoms with van der Waals surface area (Å²) in [5.74, 6) is 0. The van der Waals surface area contributed by atoms with Crippen molar-refractivity contribution in [2.24, 2.45) is 0 Å². The van der Waals surface area contributed by atoms with Gasteiger partial charge >= 0.3 is 0 Å². The van der Waals surface area contributed by atoms with E-state index in [0.717, 1.165) is 35.6 Å². The number of rotatable bonds is 14. The first-order valence-electron chi connectivity index (χ1n) is 19.7. The van der Waals surface area contributed by atoms with Crippen LogP contribution in [0, 0.1) is 13.8 Å². The van der Waals surface area contributed by atoms with Gasteiger partial charge in [-0.1, -0.05) is 154 Å². The van der Waals surface area contributed by atoms with Crippen molar-refractivity contribution in [1.29, 1.82) is 0 Å². The monoisotopic (exact) mass is 704 g/mol. The molecule has 0 amide bonds. The molecule has 0 atom stereocenters. The Morgan fingerprint density at radius 3 is 1.33 bits per heavy atom. The van der Waals surface area contributed by atoms with Gasteiger partial charge in [0.25, 0.3) is 0 Å². The van der Waals surface area contributed by atoms with Crippen molar-refractivity contribution in [1.82, 2.24) is 0 Å². The number of aryl methyl sites for hydroxylation is 4. The number of hydrogen-bond donors (Lipinski definition) is 2. The second kappa shape index (κ2) is 17.3. The van der Waals surface area contributed by atoms with Crippen molar-refractivity contribution in [3.8, 4) is 44.5 Å². The van der Waals surface area contributed by atoms with Crippen LogP contribution in [0.25, 0.3) is 44.5 Å². The average Bonchev–Trinajstić information content (AvgIpc) is 3.21. The van der Waals surface area contributed by atoms with Crippen LogP contribution in [0.5, 0.6) is 0 Å². The number of benzene rings is 7. The van der Waals surface area contributed by atoms with Crippen molar-refractivity contribution in [3.05, 3.63) is 180 Å². The molecule has 0 radical (unpaired) electrons. The fourth-order valence-electron chi connectivity index (χ4n) is 7.30. The van der Waals surface area contributed by atoms with Gasteiger partial charge in [0, 0.05) is 28.3 Å². The molecule has 0 aliphatic heterocycles. The minimum absolute atomic E-state index is 1.08. The first-order chi connectivity index (χ1) is 26.5. The third-order valence-corrected chi connectivity index (χ3v) is 10.6. The van der Waals surface area contributed by atoms with E-state index in [1.807, 2.05) is 0 Å². The van der Waals surface area contributed by atoms with E-state index in [4.69, 9.17) is 0 Å². The SMILES string of the molecule is CCCCc1ccc(-c2c(Nc3ccccc3C)ccc(-c3ccc(-c4ccc(Nc5ccccc5C)cc4)cc3)c2-c2ccc(CCCC)cc2)cc1. The van der Waals surface area contributed by atoms with Gasteiger partial charge in [0.15, 0.2) is 0 Å². The zero-order valence-electron chi connectivity index (χ0n) is 32.3. The third kappa shape index (κ3) is 8.50. The lowest BCUT2D eigenvalue weighted by Crippen LogP contribution is -2.00. The highest BCUT2D eigenvalue weighted by molar-refractivity contribution is 6.01. The maximum atomic E-state index is 3.86. The molecule has 0 saturated heterocycles. The van der Waals surface area contributed by atoms with Crippen LogP contribution >= 0.6 is 0 Å². The summed E-state index contributed by atoms with van der Waals surface area (Å²) >= 11 is 0. The molecule has 0 fully saturated rings. The van der Waals surface area contributed by atoms with Gasteiger partial charge in [-0.2, -0.15) is 0 Å². The molecule has 0 saturated carbocycles. The molecule has 0 spiro atoms. The topological polar surface area (TPSA) is 24.1 Å². The van der Waals surface area contributed by atoms with E-state index < -0.39 is 0 Å². The van der Waals surface area contributed by atoms with Crippen molar-refractivity contribution in [2.75, 3.05) is 10.6 Å². The molecule has 0 bridgehead atoms. The van der Waals surface area contributed by atoms with E-state index in [9.17, 15) is 0 Å². The molecule has 0 aliphatic carbocycles. The van der Waals surface area contributed by atoms with E-state index in [1.54, 1.807) is 0 Å². The molecule has 7 aromatic rings. The van der Waals surface area contributed by atoms with Gasteiger partial charge < -0.3 is 10.6 Å². The lowest BCUT2D eigenvalue weighted by Gasteiger charge is -2.22. The molecule has 54 heavy (non-hydrogen) atoms. The summed E-state index contributed by atoms with van der Waals surface area (Å²) in [6.07, 6.45) is 7.01. The molecule has 0 aliphatic rings. The summed E-state index contributed by atoms with van der Waals surface area (Å²) in [6.45, 7) is 8.83. The van der Waals surface area contributed by atoms with Crippen LogP contribution in [0.4, 0.5) is 22.7 Å². The van der Waals surface area contributed by atoms with Crippen molar-refractivity contribution >= 4 is 22.7 Å². The van der Waals surface area contributed by atoms with Crippen LogP contribution in [0.3, 0.4) is 0 Å². The molecule has 0 aromatic heterocycles. The predicted molar refractivity (Wildman–Crippen MR) is 234 cm³/mol. The zero-order valence-corrected chi connectivity index (χ0v) is 32.3. The fraction of sp³-hybridized carbons (Fsp3) is 0.192. The van der Waals surface area contributed by atoms with Crippen LogP contribution < -0.4 is 10.6 Å². The Balaban J connectivity index is 1.31. The molecule has 2 nitrogen and oxygen atoms in total. The molecular weight excluding hydrogens is 653 g/mol. The second-order valence-electron chi connectivity index (χ2n) is 14.5. The van der Waals surface area contributed by atoms with Crippen molar-refractivity contribution in [2.45, 2.75) is 66.2 Å². The van der Waals surface area contributed by atoms with Gasteiger partial charge in [0.05, 0.1) is 0 Å². The predicted octanol–water partition coefficient (Wildman–Crippen LogP) is 15.1. The van der Waals surface area contributed by atoms with Gasteiger partial charge in [0.1, 0.15) is 0 Å². The van der Waals surface area contributed by atoms with Gasteiger partial charge in [-0.15, -0.1) is 0 Å². The molecule has 2 N–H and O–H groups in total. The molecule has 270 valence electrons. The van der Waals surface area contributed by atoms with Crippen LogP contribution in [-0.4, -0.2) is 0 Å². The summed E-state index contributed by atoms with van der Waals surface area (Å²) in [5, 5.41) is 7.43. The largest absolute Gasteiger partial charge is 0.355 e.